The zero-order chi connectivity index (χ0) is 11.6. The first kappa shape index (κ1) is 10.8. The number of rotatable bonds is 2. The molecule has 3 N–H and O–H groups in total. The molecule has 0 aliphatic carbocycles. The molecule has 0 fully saturated rings. The zero-order valence-electron chi connectivity index (χ0n) is 9.09. The number of pyridine rings is 1. The average molecular weight is 214 g/mol. The van der Waals surface area contributed by atoms with Crippen molar-refractivity contribution in [3.63, 3.8) is 0 Å². The van der Waals surface area contributed by atoms with Gasteiger partial charge in [-0.25, -0.2) is 0 Å². The van der Waals surface area contributed by atoms with Gasteiger partial charge in [0, 0.05) is 12.4 Å². The highest BCUT2D eigenvalue weighted by Gasteiger charge is 2.16. The lowest BCUT2D eigenvalue weighted by molar-refractivity contribution is 0.0648. The van der Waals surface area contributed by atoms with Gasteiger partial charge in [0.25, 0.3) is 0 Å². The maximum absolute atomic E-state index is 9.72. The Bertz CT molecular complexity index is 475. The van der Waals surface area contributed by atoms with Gasteiger partial charge in [-0.3, -0.25) is 4.98 Å². The largest absolute Gasteiger partial charge is 0.372 e. The molecule has 3 nitrogen and oxygen atoms in total. The predicted octanol–water partition coefficient (Wildman–Crippen LogP) is 1.87. The van der Waals surface area contributed by atoms with Crippen molar-refractivity contribution in [3.05, 3.63) is 54.4 Å². The lowest BCUT2D eigenvalue weighted by Crippen LogP contribution is -2.32. The molecule has 0 aliphatic heterocycles. The molecule has 1 aromatic heterocycles. The van der Waals surface area contributed by atoms with E-state index in [1.54, 1.807) is 25.4 Å². The Morgan fingerprint density at radius 3 is 2.56 bits per heavy atom. The van der Waals surface area contributed by atoms with Crippen LogP contribution in [0, 0.1) is 0 Å². The number of aliphatic hydroxyl groups is 1. The van der Waals surface area contributed by atoms with Gasteiger partial charge >= 0.3 is 0 Å². The van der Waals surface area contributed by atoms with E-state index in [9.17, 15) is 5.11 Å². The van der Waals surface area contributed by atoms with E-state index in [1.165, 1.54) is 0 Å². The molecule has 1 aromatic carbocycles. The van der Waals surface area contributed by atoms with Crippen molar-refractivity contribution in [3.8, 4) is 11.1 Å². The van der Waals surface area contributed by atoms with E-state index in [2.05, 4.69) is 4.98 Å². The van der Waals surface area contributed by atoms with Gasteiger partial charge in [0.15, 0.2) is 0 Å². The minimum Gasteiger partial charge on any atom is -0.372 e. The average Bonchev–Trinajstić information content (AvgIpc) is 2.29. The second kappa shape index (κ2) is 4.04. The molecule has 0 saturated heterocycles. The topological polar surface area (TPSA) is 59.1 Å². The molecule has 1 unspecified atom stereocenters. The van der Waals surface area contributed by atoms with Crippen molar-refractivity contribution in [2.45, 2.75) is 12.6 Å². The predicted molar refractivity (Wildman–Crippen MR) is 63.4 cm³/mol. The Hall–Kier alpha value is -1.71. The SMILES string of the molecule is CC(N)(O)c1cccc(-c2cccnc2)c1. The second-order valence-corrected chi connectivity index (χ2v) is 3.97. The van der Waals surface area contributed by atoms with Crippen LogP contribution in [-0.2, 0) is 5.72 Å². The first-order valence-corrected chi connectivity index (χ1v) is 5.09. The van der Waals surface area contributed by atoms with Crippen LogP contribution in [0.1, 0.15) is 12.5 Å². The van der Waals surface area contributed by atoms with Crippen LogP contribution in [0.25, 0.3) is 11.1 Å². The summed E-state index contributed by atoms with van der Waals surface area (Å²) < 4.78 is 0. The van der Waals surface area contributed by atoms with Gasteiger partial charge < -0.3 is 10.8 Å². The standard InChI is InChI=1S/C13H14N2O/c1-13(14,16)12-6-2-4-10(8-12)11-5-3-7-15-9-11/h2-9,16H,14H2,1H3. The van der Waals surface area contributed by atoms with Crippen LogP contribution in [0.15, 0.2) is 48.8 Å². The zero-order valence-corrected chi connectivity index (χ0v) is 9.09. The van der Waals surface area contributed by atoms with Crippen molar-refractivity contribution in [1.82, 2.24) is 4.98 Å². The Kier molecular flexibility index (Phi) is 2.73. The number of aromatic nitrogens is 1. The van der Waals surface area contributed by atoms with E-state index in [0.29, 0.717) is 5.56 Å². The molecule has 1 heterocycles. The smallest absolute Gasteiger partial charge is 0.136 e. The Balaban J connectivity index is 2.45. The summed E-state index contributed by atoms with van der Waals surface area (Å²) >= 11 is 0. The fourth-order valence-electron chi connectivity index (χ4n) is 1.55. The van der Waals surface area contributed by atoms with Gasteiger partial charge in [0.2, 0.25) is 0 Å². The van der Waals surface area contributed by atoms with E-state index in [1.807, 2.05) is 30.3 Å². The van der Waals surface area contributed by atoms with Crippen molar-refractivity contribution < 1.29 is 5.11 Å². The molecule has 0 spiro atoms. The maximum Gasteiger partial charge on any atom is 0.136 e. The van der Waals surface area contributed by atoms with Gasteiger partial charge in [-0.15, -0.1) is 0 Å². The van der Waals surface area contributed by atoms with Crippen LogP contribution in [-0.4, -0.2) is 10.1 Å². The second-order valence-electron chi connectivity index (χ2n) is 3.97. The summed E-state index contributed by atoms with van der Waals surface area (Å²) in [6.07, 6.45) is 3.51. The molecule has 0 amide bonds. The van der Waals surface area contributed by atoms with Crippen molar-refractivity contribution in [2.75, 3.05) is 0 Å². The highest BCUT2D eigenvalue weighted by atomic mass is 16.3. The van der Waals surface area contributed by atoms with E-state index < -0.39 is 5.72 Å². The normalized spacial score (nSPS) is 14.4. The van der Waals surface area contributed by atoms with E-state index in [4.69, 9.17) is 5.73 Å². The quantitative estimate of drug-likeness (QED) is 0.750. The van der Waals surface area contributed by atoms with Gasteiger partial charge in [0.1, 0.15) is 5.72 Å². The van der Waals surface area contributed by atoms with Crippen LogP contribution in [0.4, 0.5) is 0 Å². The number of hydrogen-bond donors (Lipinski definition) is 2. The minimum atomic E-state index is -1.31. The first-order chi connectivity index (χ1) is 7.57. The molecule has 2 aromatic rings. The number of nitrogens with zero attached hydrogens (tertiary/aromatic N) is 1. The summed E-state index contributed by atoms with van der Waals surface area (Å²) in [4.78, 5) is 4.06. The van der Waals surface area contributed by atoms with Crippen LogP contribution in [0.2, 0.25) is 0 Å². The molecule has 2 rings (SSSR count). The van der Waals surface area contributed by atoms with Crippen LogP contribution in [0.5, 0.6) is 0 Å². The van der Waals surface area contributed by atoms with Gasteiger partial charge in [-0.05, 0) is 35.7 Å². The lowest BCUT2D eigenvalue weighted by Gasteiger charge is -2.18. The van der Waals surface area contributed by atoms with Gasteiger partial charge in [0.05, 0.1) is 0 Å². The maximum atomic E-state index is 9.72. The van der Waals surface area contributed by atoms with Crippen molar-refractivity contribution >= 4 is 0 Å². The van der Waals surface area contributed by atoms with Gasteiger partial charge in [-0.2, -0.15) is 0 Å². The van der Waals surface area contributed by atoms with Gasteiger partial charge in [-0.1, -0.05) is 24.3 Å². The monoisotopic (exact) mass is 214 g/mol. The first-order valence-electron chi connectivity index (χ1n) is 5.09. The fourth-order valence-corrected chi connectivity index (χ4v) is 1.55. The van der Waals surface area contributed by atoms with Crippen molar-refractivity contribution in [2.24, 2.45) is 5.73 Å². The Labute approximate surface area is 94.6 Å². The number of nitrogens with two attached hydrogens (primary N) is 1. The highest BCUT2D eigenvalue weighted by Crippen LogP contribution is 2.23. The molecule has 3 heteroatoms. The molecule has 16 heavy (non-hydrogen) atoms. The summed E-state index contributed by atoms with van der Waals surface area (Å²) in [5.74, 6) is 0. The van der Waals surface area contributed by atoms with E-state index in [-0.39, 0.29) is 0 Å². The molecular formula is C13H14N2O. The minimum absolute atomic E-state index is 0.689. The van der Waals surface area contributed by atoms with Crippen molar-refractivity contribution in [1.29, 1.82) is 0 Å². The fraction of sp³-hybridized carbons (Fsp3) is 0.154. The Morgan fingerprint density at radius 2 is 1.94 bits per heavy atom. The third kappa shape index (κ3) is 2.27. The molecular weight excluding hydrogens is 200 g/mol. The Morgan fingerprint density at radius 1 is 1.19 bits per heavy atom. The van der Waals surface area contributed by atoms with Crippen LogP contribution >= 0.6 is 0 Å². The van der Waals surface area contributed by atoms with E-state index >= 15 is 0 Å². The summed E-state index contributed by atoms with van der Waals surface area (Å²) in [6.45, 7) is 1.56. The molecule has 0 saturated carbocycles. The summed E-state index contributed by atoms with van der Waals surface area (Å²) in [7, 11) is 0. The molecule has 1 atom stereocenters. The van der Waals surface area contributed by atoms with E-state index in [0.717, 1.165) is 11.1 Å². The third-order valence-electron chi connectivity index (χ3n) is 2.44. The van der Waals surface area contributed by atoms with Crippen LogP contribution < -0.4 is 5.73 Å². The summed E-state index contributed by atoms with van der Waals surface area (Å²) in [6, 6.07) is 11.4. The third-order valence-corrected chi connectivity index (χ3v) is 2.44. The highest BCUT2D eigenvalue weighted by molar-refractivity contribution is 5.63. The molecule has 0 bridgehead atoms. The molecule has 82 valence electrons. The number of hydrogen-bond acceptors (Lipinski definition) is 3. The lowest BCUT2D eigenvalue weighted by atomic mass is 10.00. The molecule has 0 radical (unpaired) electrons. The number of benzene rings is 1. The molecule has 0 aliphatic rings. The summed E-state index contributed by atoms with van der Waals surface area (Å²) in [5.41, 5.74) is 7.03. The van der Waals surface area contributed by atoms with Crippen LogP contribution in [0.3, 0.4) is 0 Å². The summed E-state index contributed by atoms with van der Waals surface area (Å²) in [5, 5.41) is 9.72.